The van der Waals surface area contributed by atoms with Gasteiger partial charge in [0.25, 0.3) is 5.91 Å². The lowest BCUT2D eigenvalue weighted by Gasteiger charge is -2.29. The summed E-state index contributed by atoms with van der Waals surface area (Å²) in [6.07, 6.45) is 4.99. The number of benzene rings is 1. The van der Waals surface area contributed by atoms with E-state index in [9.17, 15) is 4.79 Å². The first kappa shape index (κ1) is 24.4. The Morgan fingerprint density at radius 3 is 2.72 bits per heavy atom. The van der Waals surface area contributed by atoms with Crippen molar-refractivity contribution >= 4 is 41.5 Å². The van der Waals surface area contributed by atoms with Crippen LogP contribution in [0, 0.1) is 0 Å². The number of carbonyl (C=O) groups is 1. The topological polar surface area (TPSA) is 82.3 Å². The number of rotatable bonds is 8. The number of guanidine groups is 1. The molecule has 1 saturated heterocycles. The van der Waals surface area contributed by atoms with Crippen molar-refractivity contribution in [2.24, 2.45) is 4.99 Å². The molecule has 2 aliphatic rings. The van der Waals surface area contributed by atoms with Crippen LogP contribution in [0.3, 0.4) is 0 Å². The van der Waals surface area contributed by atoms with Gasteiger partial charge in [-0.05, 0) is 56.6 Å². The fraction of sp³-hybridized carbons (Fsp3) is 0.478. The molecule has 1 fully saturated rings. The Morgan fingerprint density at radius 1 is 1.16 bits per heavy atom. The number of amides is 1. The highest BCUT2D eigenvalue weighted by atomic mass is 127. The highest BCUT2D eigenvalue weighted by molar-refractivity contribution is 14.0. The molecule has 2 N–H and O–H groups in total. The SMILES string of the molecule is CN=C(NCCCN1C(=O)COc2ccccc21)NCC(c1ccco1)N1CCCC1.I. The van der Waals surface area contributed by atoms with Crippen LogP contribution in [-0.2, 0) is 4.79 Å². The molecular weight excluding hydrogens is 521 g/mol. The highest BCUT2D eigenvalue weighted by Gasteiger charge is 2.26. The minimum absolute atomic E-state index is 0. The van der Waals surface area contributed by atoms with Gasteiger partial charge in [0, 0.05) is 26.7 Å². The molecule has 1 aromatic carbocycles. The summed E-state index contributed by atoms with van der Waals surface area (Å²) in [4.78, 5) is 20.9. The molecule has 32 heavy (non-hydrogen) atoms. The van der Waals surface area contributed by atoms with Crippen molar-refractivity contribution in [2.45, 2.75) is 25.3 Å². The number of likely N-dealkylation sites (tertiary alicyclic amines) is 1. The summed E-state index contributed by atoms with van der Waals surface area (Å²) in [7, 11) is 1.77. The number of fused-ring (bicyclic) bond motifs is 1. The van der Waals surface area contributed by atoms with Gasteiger partial charge in [0.05, 0.1) is 18.0 Å². The van der Waals surface area contributed by atoms with Crippen LogP contribution in [0.15, 0.2) is 52.1 Å². The van der Waals surface area contributed by atoms with E-state index in [0.717, 1.165) is 49.2 Å². The Kier molecular flexibility index (Phi) is 9.22. The monoisotopic (exact) mass is 553 g/mol. The number of hydrogen-bond acceptors (Lipinski definition) is 5. The van der Waals surface area contributed by atoms with Gasteiger partial charge in [-0.3, -0.25) is 14.7 Å². The first-order valence-corrected chi connectivity index (χ1v) is 11.0. The van der Waals surface area contributed by atoms with Gasteiger partial charge in [-0.2, -0.15) is 0 Å². The van der Waals surface area contributed by atoms with Crippen LogP contribution >= 0.6 is 24.0 Å². The predicted molar refractivity (Wildman–Crippen MR) is 136 cm³/mol. The molecule has 0 saturated carbocycles. The summed E-state index contributed by atoms with van der Waals surface area (Å²) in [5.41, 5.74) is 0.841. The maximum atomic E-state index is 12.3. The van der Waals surface area contributed by atoms with E-state index in [1.165, 1.54) is 12.8 Å². The minimum Gasteiger partial charge on any atom is -0.482 e. The fourth-order valence-electron chi connectivity index (χ4n) is 4.20. The number of para-hydroxylation sites is 2. The number of nitrogens with zero attached hydrogens (tertiary/aromatic N) is 3. The second-order valence-electron chi connectivity index (χ2n) is 7.81. The molecule has 1 aromatic heterocycles. The maximum Gasteiger partial charge on any atom is 0.265 e. The van der Waals surface area contributed by atoms with Gasteiger partial charge in [-0.25, -0.2) is 0 Å². The molecule has 3 heterocycles. The van der Waals surface area contributed by atoms with E-state index in [1.54, 1.807) is 18.2 Å². The summed E-state index contributed by atoms with van der Waals surface area (Å²) < 4.78 is 11.2. The minimum atomic E-state index is -0.00638. The van der Waals surface area contributed by atoms with Crippen molar-refractivity contribution in [3.8, 4) is 5.75 Å². The normalized spacial score (nSPS) is 17.3. The van der Waals surface area contributed by atoms with Gasteiger partial charge < -0.3 is 24.7 Å². The number of ether oxygens (including phenoxy) is 1. The molecular formula is C23H32IN5O3. The average molecular weight is 553 g/mol. The summed E-state index contributed by atoms with van der Waals surface area (Å²) in [6.45, 7) is 4.34. The molecule has 2 aliphatic heterocycles. The summed E-state index contributed by atoms with van der Waals surface area (Å²) in [5.74, 6) is 2.49. The van der Waals surface area contributed by atoms with Crippen LogP contribution in [-0.4, -0.2) is 63.1 Å². The van der Waals surface area contributed by atoms with Gasteiger partial charge in [-0.15, -0.1) is 24.0 Å². The van der Waals surface area contributed by atoms with Crippen molar-refractivity contribution < 1.29 is 13.9 Å². The Balaban J connectivity index is 0.00000289. The van der Waals surface area contributed by atoms with Crippen molar-refractivity contribution in [1.82, 2.24) is 15.5 Å². The van der Waals surface area contributed by atoms with Crippen LogP contribution in [0.1, 0.15) is 31.1 Å². The quantitative estimate of drug-likeness (QED) is 0.227. The molecule has 8 nitrogen and oxygen atoms in total. The van der Waals surface area contributed by atoms with E-state index < -0.39 is 0 Å². The third kappa shape index (κ3) is 5.94. The second kappa shape index (κ2) is 12.1. The summed E-state index contributed by atoms with van der Waals surface area (Å²) in [6, 6.07) is 11.8. The molecule has 2 aromatic rings. The summed E-state index contributed by atoms with van der Waals surface area (Å²) >= 11 is 0. The van der Waals surface area contributed by atoms with Crippen molar-refractivity contribution in [1.29, 1.82) is 0 Å². The molecule has 1 unspecified atom stereocenters. The predicted octanol–water partition coefficient (Wildman–Crippen LogP) is 3.02. The zero-order valence-corrected chi connectivity index (χ0v) is 20.8. The molecule has 174 valence electrons. The standard InChI is InChI=1S/C23H31N5O3.HI/c1-24-23(26-16-19(21-10-6-15-30-21)27-12-4-5-13-27)25-11-7-14-28-18-8-2-3-9-20(18)31-17-22(28)29;/h2-3,6,8-10,15,19H,4-5,7,11-14,16-17H2,1H3,(H2,24,25,26);1H. The molecule has 0 aliphatic carbocycles. The Bertz CT molecular complexity index is 884. The molecule has 1 atom stereocenters. The van der Waals surface area contributed by atoms with E-state index >= 15 is 0 Å². The third-order valence-electron chi connectivity index (χ3n) is 5.80. The van der Waals surface area contributed by atoms with Crippen molar-refractivity contribution in [3.63, 3.8) is 0 Å². The molecule has 0 radical (unpaired) electrons. The van der Waals surface area contributed by atoms with Gasteiger partial charge in [0.15, 0.2) is 12.6 Å². The lowest BCUT2D eigenvalue weighted by molar-refractivity contribution is -0.121. The van der Waals surface area contributed by atoms with Crippen LogP contribution in [0.2, 0.25) is 0 Å². The van der Waals surface area contributed by atoms with E-state index in [1.807, 2.05) is 36.4 Å². The first-order chi connectivity index (χ1) is 15.3. The summed E-state index contributed by atoms with van der Waals surface area (Å²) in [5, 5.41) is 6.79. The zero-order valence-electron chi connectivity index (χ0n) is 18.5. The highest BCUT2D eigenvalue weighted by Crippen LogP contribution is 2.31. The maximum absolute atomic E-state index is 12.3. The number of halogens is 1. The van der Waals surface area contributed by atoms with Crippen molar-refractivity contribution in [3.05, 3.63) is 48.4 Å². The Labute approximate surface area is 206 Å². The van der Waals surface area contributed by atoms with Crippen LogP contribution in [0.5, 0.6) is 5.75 Å². The molecule has 0 spiro atoms. The molecule has 1 amide bonds. The van der Waals surface area contributed by atoms with E-state index in [4.69, 9.17) is 9.15 Å². The fourth-order valence-corrected chi connectivity index (χ4v) is 4.20. The first-order valence-electron chi connectivity index (χ1n) is 11.0. The molecule has 4 rings (SSSR count). The van der Waals surface area contributed by atoms with E-state index in [2.05, 4.69) is 20.5 Å². The number of furan rings is 1. The second-order valence-corrected chi connectivity index (χ2v) is 7.81. The van der Waals surface area contributed by atoms with Crippen LogP contribution in [0.4, 0.5) is 5.69 Å². The third-order valence-corrected chi connectivity index (χ3v) is 5.80. The number of carbonyl (C=O) groups excluding carboxylic acids is 1. The number of aliphatic imine (C=N–C) groups is 1. The average Bonchev–Trinajstić information content (AvgIpc) is 3.51. The van der Waals surface area contributed by atoms with E-state index in [-0.39, 0.29) is 42.5 Å². The van der Waals surface area contributed by atoms with E-state index in [0.29, 0.717) is 13.1 Å². The largest absolute Gasteiger partial charge is 0.482 e. The van der Waals surface area contributed by atoms with Gasteiger partial charge >= 0.3 is 0 Å². The number of anilines is 1. The van der Waals surface area contributed by atoms with Gasteiger partial charge in [0.1, 0.15) is 11.5 Å². The molecule has 0 bridgehead atoms. The van der Waals surface area contributed by atoms with Gasteiger partial charge in [-0.1, -0.05) is 12.1 Å². The zero-order chi connectivity index (χ0) is 21.5. The lowest BCUT2D eigenvalue weighted by Crippen LogP contribution is -2.44. The smallest absolute Gasteiger partial charge is 0.265 e. The lowest BCUT2D eigenvalue weighted by atomic mass is 10.2. The van der Waals surface area contributed by atoms with Crippen molar-refractivity contribution in [2.75, 3.05) is 51.3 Å². The molecule has 9 heteroatoms. The Hall–Kier alpha value is -2.27. The number of nitrogens with one attached hydrogen (secondary N) is 2. The Morgan fingerprint density at radius 2 is 1.97 bits per heavy atom. The van der Waals surface area contributed by atoms with Gasteiger partial charge in [0.2, 0.25) is 0 Å². The van der Waals surface area contributed by atoms with Crippen LogP contribution < -0.4 is 20.3 Å². The van der Waals surface area contributed by atoms with Crippen LogP contribution in [0.25, 0.3) is 0 Å². The number of hydrogen-bond donors (Lipinski definition) is 2.